The Morgan fingerprint density at radius 2 is 1.76 bits per heavy atom. The SMILES string of the molecule is Clc1cc(Cl)c(NCc2cc(Br)c3c(c2)OCO3)cc1Cl. The van der Waals surface area contributed by atoms with Gasteiger partial charge in [0.05, 0.1) is 25.2 Å². The molecule has 0 aromatic heterocycles. The molecule has 0 atom stereocenters. The standard InChI is InChI=1S/C14H9BrCl3NO2/c15-8-1-7(2-13-14(8)21-6-20-13)5-19-12-4-10(17)9(16)3-11(12)18/h1-4,19H,5-6H2. The molecule has 0 saturated heterocycles. The largest absolute Gasteiger partial charge is 0.454 e. The van der Waals surface area contributed by atoms with Crippen molar-refractivity contribution in [2.45, 2.75) is 6.54 Å². The highest BCUT2D eigenvalue weighted by Gasteiger charge is 2.18. The van der Waals surface area contributed by atoms with E-state index >= 15 is 0 Å². The molecule has 0 saturated carbocycles. The minimum Gasteiger partial charge on any atom is -0.454 e. The zero-order valence-electron chi connectivity index (χ0n) is 10.6. The first-order valence-corrected chi connectivity index (χ1v) is 7.93. The van der Waals surface area contributed by atoms with Gasteiger partial charge in [-0.1, -0.05) is 34.8 Å². The van der Waals surface area contributed by atoms with Gasteiger partial charge in [0.15, 0.2) is 11.5 Å². The second-order valence-corrected chi connectivity index (χ2v) is 6.49. The molecule has 1 aliphatic rings. The number of halogens is 4. The minimum atomic E-state index is 0.240. The van der Waals surface area contributed by atoms with Gasteiger partial charge in [-0.3, -0.25) is 0 Å². The lowest BCUT2D eigenvalue weighted by Gasteiger charge is -2.11. The lowest BCUT2D eigenvalue weighted by Crippen LogP contribution is -2.00. The molecule has 0 spiro atoms. The fourth-order valence-corrected chi connectivity index (χ4v) is 3.20. The van der Waals surface area contributed by atoms with Crippen LogP contribution in [0.3, 0.4) is 0 Å². The summed E-state index contributed by atoms with van der Waals surface area (Å²) in [4.78, 5) is 0. The van der Waals surface area contributed by atoms with E-state index in [0.29, 0.717) is 21.6 Å². The van der Waals surface area contributed by atoms with Crippen molar-refractivity contribution in [3.8, 4) is 11.5 Å². The third kappa shape index (κ3) is 3.19. The summed E-state index contributed by atoms with van der Waals surface area (Å²) in [6, 6.07) is 7.20. The maximum atomic E-state index is 6.13. The van der Waals surface area contributed by atoms with Crippen molar-refractivity contribution in [3.05, 3.63) is 49.4 Å². The lowest BCUT2D eigenvalue weighted by atomic mass is 10.2. The zero-order chi connectivity index (χ0) is 15.0. The molecule has 0 amide bonds. The molecule has 110 valence electrons. The van der Waals surface area contributed by atoms with E-state index in [0.717, 1.165) is 27.2 Å². The number of ether oxygens (including phenoxy) is 2. The zero-order valence-corrected chi connectivity index (χ0v) is 14.4. The van der Waals surface area contributed by atoms with Crippen LogP contribution < -0.4 is 14.8 Å². The average molecular weight is 409 g/mol. The molecule has 2 aromatic carbocycles. The first kappa shape index (κ1) is 15.1. The Kier molecular flexibility index (Phi) is 4.41. The molecule has 1 aliphatic heterocycles. The number of fused-ring (bicyclic) bond motifs is 1. The molecule has 0 radical (unpaired) electrons. The summed E-state index contributed by atoms with van der Waals surface area (Å²) in [5.74, 6) is 1.45. The molecular weight excluding hydrogens is 400 g/mol. The molecule has 1 heterocycles. The van der Waals surface area contributed by atoms with Gasteiger partial charge in [0.1, 0.15) is 0 Å². The van der Waals surface area contributed by atoms with E-state index in [1.54, 1.807) is 12.1 Å². The molecule has 0 aliphatic carbocycles. The summed E-state index contributed by atoms with van der Waals surface area (Å²) in [6.07, 6.45) is 0. The summed E-state index contributed by atoms with van der Waals surface area (Å²) in [7, 11) is 0. The summed E-state index contributed by atoms with van der Waals surface area (Å²) >= 11 is 21.5. The number of hydrogen-bond acceptors (Lipinski definition) is 3. The third-order valence-corrected chi connectivity index (χ3v) is 4.60. The van der Waals surface area contributed by atoms with E-state index in [2.05, 4.69) is 21.2 Å². The topological polar surface area (TPSA) is 30.5 Å². The summed E-state index contributed by atoms with van der Waals surface area (Å²) in [5.41, 5.74) is 1.74. The minimum absolute atomic E-state index is 0.240. The molecule has 2 aromatic rings. The van der Waals surface area contributed by atoms with Crippen molar-refractivity contribution in [1.29, 1.82) is 0 Å². The van der Waals surface area contributed by atoms with Gasteiger partial charge < -0.3 is 14.8 Å². The van der Waals surface area contributed by atoms with E-state index in [1.807, 2.05) is 12.1 Å². The van der Waals surface area contributed by atoms with Gasteiger partial charge in [-0.05, 0) is 45.8 Å². The summed E-state index contributed by atoms with van der Waals surface area (Å²) < 4.78 is 11.6. The molecule has 1 N–H and O–H groups in total. The Morgan fingerprint density at radius 3 is 2.57 bits per heavy atom. The Balaban J connectivity index is 1.79. The summed E-state index contributed by atoms with van der Waals surface area (Å²) in [5, 5.41) is 4.62. The smallest absolute Gasteiger partial charge is 0.231 e. The van der Waals surface area contributed by atoms with Gasteiger partial charge in [0.2, 0.25) is 6.79 Å². The van der Waals surface area contributed by atoms with Gasteiger partial charge in [-0.25, -0.2) is 0 Å². The molecule has 3 rings (SSSR count). The molecular formula is C14H9BrCl3NO2. The average Bonchev–Trinajstić information content (AvgIpc) is 2.90. The molecule has 0 bridgehead atoms. The van der Waals surface area contributed by atoms with Crippen LogP contribution in [0.15, 0.2) is 28.7 Å². The second-order valence-electron chi connectivity index (χ2n) is 4.41. The number of nitrogens with one attached hydrogen (secondary N) is 1. The fourth-order valence-electron chi connectivity index (χ4n) is 1.98. The summed E-state index contributed by atoms with van der Waals surface area (Å²) in [6.45, 7) is 0.802. The van der Waals surface area contributed by atoms with Crippen LogP contribution in [-0.4, -0.2) is 6.79 Å². The molecule has 0 fully saturated rings. The highest BCUT2D eigenvalue weighted by atomic mass is 79.9. The van der Waals surface area contributed by atoms with Crippen LogP contribution >= 0.6 is 50.7 Å². The van der Waals surface area contributed by atoms with Crippen LogP contribution in [0, 0.1) is 0 Å². The van der Waals surface area contributed by atoms with Crippen molar-refractivity contribution < 1.29 is 9.47 Å². The molecule has 7 heteroatoms. The van der Waals surface area contributed by atoms with E-state index in [4.69, 9.17) is 44.3 Å². The number of rotatable bonds is 3. The predicted molar refractivity (Wildman–Crippen MR) is 89.1 cm³/mol. The van der Waals surface area contributed by atoms with E-state index in [9.17, 15) is 0 Å². The predicted octanol–water partition coefficient (Wildman–Crippen LogP) is 5.75. The van der Waals surface area contributed by atoms with E-state index in [1.165, 1.54) is 0 Å². The quantitative estimate of drug-likeness (QED) is 0.655. The third-order valence-electron chi connectivity index (χ3n) is 2.98. The van der Waals surface area contributed by atoms with Gasteiger partial charge in [0, 0.05) is 6.54 Å². The van der Waals surface area contributed by atoms with Crippen LogP contribution in [0.2, 0.25) is 15.1 Å². The van der Waals surface area contributed by atoms with Crippen molar-refractivity contribution in [3.63, 3.8) is 0 Å². The Hall–Kier alpha value is -0.810. The second kappa shape index (κ2) is 6.13. The highest BCUT2D eigenvalue weighted by molar-refractivity contribution is 9.10. The van der Waals surface area contributed by atoms with Gasteiger partial charge in [-0.15, -0.1) is 0 Å². The van der Waals surface area contributed by atoms with Gasteiger partial charge in [0.25, 0.3) is 0 Å². The van der Waals surface area contributed by atoms with Crippen LogP contribution in [0.1, 0.15) is 5.56 Å². The molecule has 3 nitrogen and oxygen atoms in total. The number of anilines is 1. The first-order valence-electron chi connectivity index (χ1n) is 6.01. The maximum Gasteiger partial charge on any atom is 0.231 e. The van der Waals surface area contributed by atoms with Crippen LogP contribution in [0.25, 0.3) is 0 Å². The number of benzene rings is 2. The Morgan fingerprint density at radius 1 is 1.00 bits per heavy atom. The van der Waals surface area contributed by atoms with Crippen molar-refractivity contribution in [1.82, 2.24) is 0 Å². The van der Waals surface area contributed by atoms with Crippen molar-refractivity contribution >= 4 is 56.4 Å². The van der Waals surface area contributed by atoms with E-state index in [-0.39, 0.29) is 6.79 Å². The molecule has 0 unspecified atom stereocenters. The van der Waals surface area contributed by atoms with E-state index < -0.39 is 0 Å². The first-order chi connectivity index (χ1) is 10.0. The highest BCUT2D eigenvalue weighted by Crippen LogP contribution is 2.40. The van der Waals surface area contributed by atoms with Crippen molar-refractivity contribution in [2.75, 3.05) is 12.1 Å². The number of hydrogen-bond donors (Lipinski definition) is 1. The normalized spacial score (nSPS) is 12.6. The van der Waals surface area contributed by atoms with Crippen LogP contribution in [-0.2, 0) is 6.54 Å². The Labute approximate surface area is 145 Å². The Bertz CT molecular complexity index is 709. The van der Waals surface area contributed by atoms with Gasteiger partial charge in [-0.2, -0.15) is 0 Å². The monoisotopic (exact) mass is 407 g/mol. The fraction of sp³-hybridized carbons (Fsp3) is 0.143. The lowest BCUT2D eigenvalue weighted by molar-refractivity contribution is 0.173. The van der Waals surface area contributed by atoms with Crippen LogP contribution in [0.5, 0.6) is 11.5 Å². The maximum absolute atomic E-state index is 6.13. The van der Waals surface area contributed by atoms with Gasteiger partial charge >= 0.3 is 0 Å². The van der Waals surface area contributed by atoms with Crippen LogP contribution in [0.4, 0.5) is 5.69 Å². The van der Waals surface area contributed by atoms with Crippen molar-refractivity contribution in [2.24, 2.45) is 0 Å². The molecule has 21 heavy (non-hydrogen) atoms.